The Labute approximate surface area is 257 Å². The molecule has 2 heterocycles. The number of phosphoric ester groups is 1. The summed E-state index contributed by atoms with van der Waals surface area (Å²) in [4.78, 5) is 78.3. The number of ketones is 2. The summed E-state index contributed by atoms with van der Waals surface area (Å²) in [6.45, 7) is -0.949. The Bertz CT molecular complexity index is 2030. The highest BCUT2D eigenvalue weighted by molar-refractivity contribution is 7.66. The standard InChI is InChI=1S/C25H22N3O15P3/c26-24-14(7-5-13-6-8-17-18(9-13)23(31)16-4-2-1-3-15(16)22(17)30)11-28(25(32)27-24)21-10-19(29)20(41-21)12-40-45(36,37)43-46(38,39)42-44(33,34)35/h1-4,6,8-9,11,19-21,29H,10,12H2,(H,36,37)(H,38,39)(H2,26,27,32)(H2,33,34,35)/t19-,20+,21+/m0/s1. The Morgan fingerprint density at radius 2 is 1.54 bits per heavy atom. The number of rotatable bonds is 8. The average molecular weight is 697 g/mol. The van der Waals surface area contributed by atoms with Gasteiger partial charge >= 0.3 is 29.2 Å². The van der Waals surface area contributed by atoms with E-state index in [-0.39, 0.29) is 46.1 Å². The van der Waals surface area contributed by atoms with E-state index in [4.69, 9.17) is 20.3 Å². The summed E-state index contributed by atoms with van der Waals surface area (Å²) >= 11 is 0. The van der Waals surface area contributed by atoms with Crippen LogP contribution in [0.5, 0.6) is 0 Å². The predicted molar refractivity (Wildman–Crippen MR) is 153 cm³/mol. The first-order valence-electron chi connectivity index (χ1n) is 12.8. The van der Waals surface area contributed by atoms with Crippen molar-refractivity contribution >= 4 is 40.9 Å². The second kappa shape index (κ2) is 12.5. The van der Waals surface area contributed by atoms with Gasteiger partial charge in [0.25, 0.3) is 0 Å². The number of aliphatic hydroxyl groups is 1. The minimum atomic E-state index is -5.76. The molecule has 0 spiro atoms. The van der Waals surface area contributed by atoms with E-state index in [2.05, 4.69) is 30.0 Å². The molecule has 0 amide bonds. The van der Waals surface area contributed by atoms with E-state index in [0.717, 1.165) is 4.57 Å². The number of benzene rings is 2. The number of carbonyl (C=O) groups excluding carboxylic acids is 2. The Morgan fingerprint density at radius 3 is 2.20 bits per heavy atom. The van der Waals surface area contributed by atoms with E-state index in [9.17, 15) is 43.0 Å². The second-order valence-electron chi connectivity index (χ2n) is 9.76. The molecular formula is C25H22N3O15P3. The van der Waals surface area contributed by atoms with Crippen LogP contribution in [0.15, 0.2) is 53.5 Å². The van der Waals surface area contributed by atoms with Gasteiger partial charge in [0, 0.05) is 40.4 Å². The molecule has 18 nitrogen and oxygen atoms in total. The Balaban J connectivity index is 1.31. The number of anilines is 1. The molecule has 21 heteroatoms. The quantitative estimate of drug-likeness (QED) is 0.111. The number of ether oxygens (including phenoxy) is 1. The molecule has 0 radical (unpaired) electrons. The molecule has 1 aliphatic heterocycles. The van der Waals surface area contributed by atoms with E-state index in [1.54, 1.807) is 24.3 Å². The van der Waals surface area contributed by atoms with Crippen LogP contribution in [0.4, 0.5) is 5.82 Å². The monoisotopic (exact) mass is 697 g/mol. The summed E-state index contributed by atoms with van der Waals surface area (Å²) in [7, 11) is -16.8. The first-order valence-corrected chi connectivity index (χ1v) is 17.3. The van der Waals surface area contributed by atoms with Gasteiger partial charge in [0.2, 0.25) is 0 Å². The van der Waals surface area contributed by atoms with Gasteiger partial charge < -0.3 is 35.2 Å². The van der Waals surface area contributed by atoms with Gasteiger partial charge in [-0.05, 0) is 18.2 Å². The van der Waals surface area contributed by atoms with E-state index in [1.165, 1.54) is 24.4 Å². The van der Waals surface area contributed by atoms with Crippen LogP contribution in [-0.4, -0.2) is 64.6 Å². The predicted octanol–water partition coefficient (Wildman–Crippen LogP) is 0.992. The van der Waals surface area contributed by atoms with Gasteiger partial charge in [0.15, 0.2) is 11.6 Å². The summed E-state index contributed by atoms with van der Waals surface area (Å²) in [5.41, 5.74) is 6.32. The molecule has 2 aliphatic rings. The van der Waals surface area contributed by atoms with Crippen LogP contribution in [-0.2, 0) is 31.6 Å². The van der Waals surface area contributed by atoms with Gasteiger partial charge in [-0.2, -0.15) is 13.6 Å². The smallest absolute Gasteiger partial charge is 0.390 e. The van der Waals surface area contributed by atoms with Crippen LogP contribution in [0.1, 0.15) is 55.6 Å². The number of hydrogen-bond acceptors (Lipinski definition) is 13. The number of phosphoric acid groups is 3. The maximum atomic E-state index is 13.0. The first kappa shape index (κ1) is 33.7. The zero-order valence-corrected chi connectivity index (χ0v) is 25.6. The summed E-state index contributed by atoms with van der Waals surface area (Å²) in [6, 6.07) is 10.9. The topological polar surface area (TPSA) is 284 Å². The molecule has 1 saturated heterocycles. The summed E-state index contributed by atoms with van der Waals surface area (Å²) in [5, 5.41) is 10.4. The lowest BCUT2D eigenvalue weighted by Gasteiger charge is -2.19. The van der Waals surface area contributed by atoms with Crippen LogP contribution in [0, 0.1) is 11.8 Å². The van der Waals surface area contributed by atoms with Crippen LogP contribution >= 0.6 is 23.5 Å². The first-order chi connectivity index (χ1) is 21.4. The third-order valence-corrected chi connectivity index (χ3v) is 10.4. The minimum Gasteiger partial charge on any atom is -0.390 e. The molecule has 1 fully saturated rings. The number of aromatic nitrogens is 2. The van der Waals surface area contributed by atoms with Gasteiger partial charge in [-0.15, -0.1) is 0 Å². The third kappa shape index (κ3) is 7.49. The lowest BCUT2D eigenvalue weighted by Crippen LogP contribution is -2.29. The van der Waals surface area contributed by atoms with Crippen molar-refractivity contribution in [3.63, 3.8) is 0 Å². The molecule has 2 unspecified atom stereocenters. The molecular weight excluding hydrogens is 675 g/mol. The largest absolute Gasteiger partial charge is 0.490 e. The lowest BCUT2D eigenvalue weighted by atomic mass is 9.83. The van der Waals surface area contributed by atoms with Crippen molar-refractivity contribution < 1.29 is 65.8 Å². The molecule has 0 bridgehead atoms. The van der Waals surface area contributed by atoms with Gasteiger partial charge in [-0.1, -0.05) is 36.1 Å². The van der Waals surface area contributed by atoms with Crippen LogP contribution in [0.25, 0.3) is 0 Å². The average Bonchev–Trinajstić information content (AvgIpc) is 3.32. The van der Waals surface area contributed by atoms with Crippen LogP contribution < -0.4 is 11.4 Å². The fraction of sp³-hybridized carbons (Fsp3) is 0.200. The summed E-state index contributed by atoms with van der Waals surface area (Å²) < 4.78 is 52.5. The second-order valence-corrected chi connectivity index (χ2v) is 14.2. The number of nitrogen functional groups attached to an aromatic ring is 1. The maximum absolute atomic E-state index is 13.0. The van der Waals surface area contributed by atoms with Crippen molar-refractivity contribution in [3.05, 3.63) is 92.5 Å². The number of nitrogens with two attached hydrogens (primary N) is 1. The lowest BCUT2D eigenvalue weighted by molar-refractivity contribution is -0.0449. The van der Waals surface area contributed by atoms with Crippen LogP contribution in [0.2, 0.25) is 0 Å². The summed E-state index contributed by atoms with van der Waals surface area (Å²) in [6.07, 6.45) is -3.14. The molecule has 46 heavy (non-hydrogen) atoms. The Kier molecular flexibility index (Phi) is 9.17. The van der Waals surface area contributed by atoms with Gasteiger partial charge in [0.1, 0.15) is 18.1 Å². The van der Waals surface area contributed by atoms with Crippen molar-refractivity contribution in [2.45, 2.75) is 24.9 Å². The van der Waals surface area contributed by atoms with Crippen molar-refractivity contribution in [2.75, 3.05) is 12.3 Å². The molecule has 5 atom stereocenters. The zero-order chi connectivity index (χ0) is 33.6. The van der Waals surface area contributed by atoms with E-state index in [0.29, 0.717) is 11.1 Å². The maximum Gasteiger partial charge on any atom is 0.490 e. The molecule has 242 valence electrons. The number of hydrogen-bond donors (Lipinski definition) is 6. The fourth-order valence-electron chi connectivity index (χ4n) is 4.61. The zero-order valence-electron chi connectivity index (χ0n) is 22.9. The number of nitrogens with zero attached hydrogens (tertiary/aromatic N) is 2. The van der Waals surface area contributed by atoms with Gasteiger partial charge in [-0.25, -0.2) is 18.5 Å². The minimum absolute atomic E-state index is 0.0415. The highest BCUT2D eigenvalue weighted by Crippen LogP contribution is 2.66. The Morgan fingerprint density at radius 1 is 0.913 bits per heavy atom. The third-order valence-electron chi connectivity index (χ3n) is 6.58. The van der Waals surface area contributed by atoms with E-state index < -0.39 is 54.2 Å². The number of aliphatic hydroxyl groups excluding tert-OH is 1. The van der Waals surface area contributed by atoms with Crippen molar-refractivity contribution in [3.8, 4) is 11.8 Å². The molecule has 1 aliphatic carbocycles. The molecule has 5 rings (SSSR count). The van der Waals surface area contributed by atoms with Crippen molar-refractivity contribution in [1.82, 2.24) is 9.55 Å². The van der Waals surface area contributed by atoms with E-state index >= 15 is 0 Å². The van der Waals surface area contributed by atoms with E-state index in [1.807, 2.05) is 0 Å². The van der Waals surface area contributed by atoms with Gasteiger partial charge in [0.05, 0.1) is 18.3 Å². The number of fused-ring (bicyclic) bond motifs is 2. The van der Waals surface area contributed by atoms with Gasteiger partial charge in [-0.3, -0.25) is 18.7 Å². The molecule has 0 saturated carbocycles. The number of carbonyl (C=O) groups is 2. The van der Waals surface area contributed by atoms with Crippen molar-refractivity contribution in [1.29, 1.82) is 0 Å². The summed E-state index contributed by atoms with van der Waals surface area (Å²) in [5.74, 6) is 4.64. The fourth-order valence-corrected chi connectivity index (χ4v) is 7.64. The highest BCUT2D eigenvalue weighted by Gasteiger charge is 2.43. The molecule has 1 aromatic heterocycles. The molecule has 2 aromatic carbocycles. The van der Waals surface area contributed by atoms with Crippen molar-refractivity contribution in [2.24, 2.45) is 0 Å². The Hall–Kier alpha value is -3.65. The van der Waals surface area contributed by atoms with Crippen LogP contribution in [0.3, 0.4) is 0 Å². The molecule has 7 N–H and O–H groups in total. The molecule has 3 aromatic rings. The highest BCUT2D eigenvalue weighted by atomic mass is 31.3. The SMILES string of the molecule is Nc1nc(=O)n([C@H]2C[C@H](O)[C@@H](COP(=O)(O)OP(=O)(O)OP(=O)(O)O)O2)cc1C#Cc1ccc2c(c1)C(=O)c1ccccc1C2=O. The normalized spacial score (nSPS) is 21.8.